The van der Waals surface area contributed by atoms with Gasteiger partial charge in [0.25, 0.3) is 0 Å². The van der Waals surface area contributed by atoms with Gasteiger partial charge >= 0.3 is 0 Å². The molecule has 0 aromatic rings. The lowest BCUT2D eigenvalue weighted by atomic mass is 9.96. The second-order valence-corrected chi connectivity index (χ2v) is 8.20. The number of hydrogen-bond donors (Lipinski definition) is 2. The number of hydrogen-bond acceptors (Lipinski definition) is 5. The monoisotopic (exact) mass is 493 g/mol. The van der Waals surface area contributed by atoms with Crippen molar-refractivity contribution < 1.29 is 9.59 Å². The van der Waals surface area contributed by atoms with Gasteiger partial charge in [0.15, 0.2) is 5.78 Å². The van der Waals surface area contributed by atoms with Gasteiger partial charge in [-0.3, -0.25) is 9.59 Å². The molecule has 0 aromatic heterocycles. The molecule has 1 fully saturated rings. The van der Waals surface area contributed by atoms with E-state index in [4.69, 9.17) is 5.73 Å². The third kappa shape index (κ3) is 18.2. The fourth-order valence-electron chi connectivity index (χ4n) is 2.86. The lowest BCUT2D eigenvalue weighted by molar-refractivity contribution is -0.119. The zero-order chi connectivity index (χ0) is 26.9. The van der Waals surface area contributed by atoms with Gasteiger partial charge in [0, 0.05) is 32.1 Å². The molecule has 1 atom stereocenters. The molecule has 0 bridgehead atoms. The quantitative estimate of drug-likeness (QED) is 0.228. The predicted molar refractivity (Wildman–Crippen MR) is 153 cm³/mol. The average molecular weight is 494 g/mol. The fraction of sp³-hybridized carbons (Fsp3) is 0.571. The number of piperidine rings is 1. The molecule has 3 N–H and O–H groups in total. The van der Waals surface area contributed by atoms with E-state index >= 15 is 0 Å². The van der Waals surface area contributed by atoms with E-state index < -0.39 is 0 Å². The van der Waals surface area contributed by atoms with Crippen LogP contribution < -0.4 is 11.1 Å². The van der Waals surface area contributed by atoms with E-state index in [0.717, 1.165) is 56.6 Å². The van der Waals surface area contributed by atoms with Crippen molar-refractivity contribution in [2.75, 3.05) is 13.1 Å². The largest absolute Gasteiger partial charge is 0.402 e. The normalized spacial score (nSPS) is 17.1. The Morgan fingerprint density at radius 3 is 2.06 bits per heavy atom. The van der Waals surface area contributed by atoms with E-state index in [1.807, 2.05) is 70.1 Å². The van der Waals surface area contributed by atoms with E-state index in [-0.39, 0.29) is 5.78 Å². The van der Waals surface area contributed by atoms with Gasteiger partial charge in [-0.25, -0.2) is 0 Å². The van der Waals surface area contributed by atoms with Crippen molar-refractivity contribution in [3.63, 3.8) is 0 Å². The van der Waals surface area contributed by atoms with Crippen LogP contribution in [-0.4, -0.2) is 35.6 Å². The Morgan fingerprint density at radius 2 is 1.74 bits per heavy atom. The number of ketones is 1. The second-order valence-electron chi connectivity index (χ2n) is 7.18. The van der Waals surface area contributed by atoms with Crippen LogP contribution >= 0.6 is 11.8 Å². The van der Waals surface area contributed by atoms with Gasteiger partial charge in [0.05, 0.1) is 11.1 Å². The van der Waals surface area contributed by atoms with Gasteiger partial charge in [-0.15, -0.1) is 11.8 Å². The topological polar surface area (TPSA) is 75.4 Å². The predicted octanol–water partition coefficient (Wildman–Crippen LogP) is 6.95. The molecule has 6 heteroatoms. The van der Waals surface area contributed by atoms with Crippen molar-refractivity contribution in [2.24, 2.45) is 11.7 Å². The van der Waals surface area contributed by atoms with Gasteiger partial charge in [0.1, 0.15) is 0 Å². The average Bonchev–Trinajstić information content (AvgIpc) is 3.37. The van der Waals surface area contributed by atoms with Crippen LogP contribution in [0.4, 0.5) is 0 Å². The molecule has 1 amide bonds. The molecule has 0 radical (unpaired) electrons. The Kier molecular flexibility index (Phi) is 27.2. The maximum Gasteiger partial charge on any atom is 0.209 e. The summed E-state index contributed by atoms with van der Waals surface area (Å²) >= 11 is 1.69. The molecular formula is C28H51N3O2S. The highest BCUT2D eigenvalue weighted by molar-refractivity contribution is 8.03. The Morgan fingerprint density at radius 1 is 1.21 bits per heavy atom. The number of carbonyl (C=O) groups excluding carboxylic acids is 2. The molecule has 1 saturated heterocycles. The minimum Gasteiger partial charge on any atom is -0.402 e. The molecule has 0 saturated carbocycles. The zero-order valence-corrected chi connectivity index (χ0v) is 23.8. The highest BCUT2D eigenvalue weighted by atomic mass is 32.2. The number of likely N-dealkylation sites (tertiary alicyclic amines) is 1. The lowest BCUT2D eigenvalue weighted by Gasteiger charge is -2.32. The van der Waals surface area contributed by atoms with Crippen molar-refractivity contribution in [2.45, 2.75) is 86.4 Å². The summed E-state index contributed by atoms with van der Waals surface area (Å²) in [6.07, 6.45) is 12.5. The van der Waals surface area contributed by atoms with Crippen molar-refractivity contribution >= 4 is 24.0 Å². The molecule has 34 heavy (non-hydrogen) atoms. The highest BCUT2D eigenvalue weighted by Gasteiger charge is 2.30. The fourth-order valence-corrected chi connectivity index (χ4v) is 4.07. The number of allylic oxidation sites excluding steroid dienone is 6. The van der Waals surface area contributed by atoms with Crippen LogP contribution in [0.5, 0.6) is 0 Å². The van der Waals surface area contributed by atoms with Crippen molar-refractivity contribution in [3.05, 3.63) is 59.8 Å². The Labute approximate surface area is 214 Å². The number of amides is 1. The molecule has 0 aromatic carbocycles. The number of nitrogens with one attached hydrogen (secondary N) is 1. The van der Waals surface area contributed by atoms with Gasteiger partial charge < -0.3 is 16.0 Å². The first-order valence-electron chi connectivity index (χ1n) is 12.5. The summed E-state index contributed by atoms with van der Waals surface area (Å²) in [5.41, 5.74) is 8.16. The number of thioether (sulfide) groups is 1. The maximum absolute atomic E-state index is 11.2. The van der Waals surface area contributed by atoms with E-state index in [1.54, 1.807) is 24.8 Å². The van der Waals surface area contributed by atoms with Crippen LogP contribution in [0.2, 0.25) is 0 Å². The molecule has 5 nitrogen and oxygen atoms in total. The standard InChI is InChI=1S/C11H16N2O2S.C9H15N.C4H8.2C2H6/c1-8(15)10-6-16-11(12-10)9-2-4-13(7-14)5-3-9;1-4-6-9(5-2)7-8(3)10;1-3-4-2;2*1-2/h6-7,9,11-12H,2-5H2,1H3;4,6H,1,3,5,7,10H2,2H3;3-4H,1-2H3;2*1-2H3/b;9-6-;4-3-;;. The van der Waals surface area contributed by atoms with E-state index in [1.165, 1.54) is 5.57 Å². The molecule has 1 unspecified atom stereocenters. The Bertz CT molecular complexity index is 642. The van der Waals surface area contributed by atoms with Crippen LogP contribution in [0.3, 0.4) is 0 Å². The summed E-state index contributed by atoms with van der Waals surface area (Å²) in [6.45, 7) is 24.6. The van der Waals surface area contributed by atoms with E-state index in [0.29, 0.717) is 11.3 Å². The molecule has 196 valence electrons. The summed E-state index contributed by atoms with van der Waals surface area (Å²) < 4.78 is 0. The molecule has 0 spiro atoms. The minimum atomic E-state index is 0.0975. The number of nitrogens with zero attached hydrogens (tertiary/aromatic N) is 1. The first-order chi connectivity index (χ1) is 16.3. The molecule has 2 aliphatic heterocycles. The van der Waals surface area contributed by atoms with Gasteiger partial charge in [-0.05, 0) is 44.4 Å². The van der Waals surface area contributed by atoms with E-state index in [2.05, 4.69) is 25.4 Å². The van der Waals surface area contributed by atoms with Gasteiger partial charge in [-0.1, -0.05) is 77.7 Å². The van der Waals surface area contributed by atoms with Crippen molar-refractivity contribution in [3.8, 4) is 0 Å². The summed E-state index contributed by atoms with van der Waals surface area (Å²) in [5, 5.41) is 5.49. The molecular weight excluding hydrogens is 442 g/mol. The zero-order valence-electron chi connectivity index (χ0n) is 23.0. The first kappa shape index (κ1) is 36.4. The lowest BCUT2D eigenvalue weighted by Crippen LogP contribution is -2.40. The van der Waals surface area contributed by atoms with Gasteiger partial charge in [0.2, 0.25) is 6.41 Å². The third-order valence-electron chi connectivity index (χ3n) is 4.76. The van der Waals surface area contributed by atoms with Gasteiger partial charge in [-0.2, -0.15) is 0 Å². The van der Waals surface area contributed by atoms with Crippen molar-refractivity contribution in [1.29, 1.82) is 0 Å². The molecule has 2 rings (SSSR count). The molecule has 2 heterocycles. The van der Waals surface area contributed by atoms with Crippen LogP contribution in [0.1, 0.15) is 81.1 Å². The summed E-state index contributed by atoms with van der Waals surface area (Å²) in [4.78, 5) is 23.6. The summed E-state index contributed by atoms with van der Waals surface area (Å²) in [6, 6.07) is 0. The smallest absolute Gasteiger partial charge is 0.209 e. The molecule has 2 aliphatic rings. The Balaban J connectivity index is -0.000000459. The number of nitrogens with two attached hydrogens (primary N) is 1. The SMILES string of the molecule is C/C=C\C.C=C/C=C(/CC)CC(=C)N.CC.CC.CC(=O)C1=CSC(C2CCN(C=O)CC2)N1. The Hall–Kier alpha value is -2.21. The van der Waals surface area contributed by atoms with Crippen LogP contribution in [0, 0.1) is 5.92 Å². The van der Waals surface area contributed by atoms with Crippen LogP contribution in [0.15, 0.2) is 59.8 Å². The minimum absolute atomic E-state index is 0.0975. The second kappa shape index (κ2) is 25.4. The van der Waals surface area contributed by atoms with E-state index in [9.17, 15) is 9.59 Å². The van der Waals surface area contributed by atoms with Crippen LogP contribution in [0.25, 0.3) is 0 Å². The number of carbonyl (C=O) groups is 2. The van der Waals surface area contributed by atoms with Crippen LogP contribution in [-0.2, 0) is 9.59 Å². The first-order valence-corrected chi connectivity index (χ1v) is 13.4. The summed E-state index contributed by atoms with van der Waals surface area (Å²) in [7, 11) is 0. The third-order valence-corrected chi connectivity index (χ3v) is 5.92. The summed E-state index contributed by atoms with van der Waals surface area (Å²) in [5.74, 6) is 0.648. The number of Topliss-reactive ketones (excluding diaryl/α,β-unsaturated/α-hetero) is 1. The van der Waals surface area contributed by atoms with Crippen molar-refractivity contribution in [1.82, 2.24) is 10.2 Å². The maximum atomic E-state index is 11.2. The number of rotatable bonds is 7. The highest BCUT2D eigenvalue weighted by Crippen LogP contribution is 2.32. The molecule has 0 aliphatic carbocycles.